The molecular formula is C27H22N3O+. The number of ether oxygens (including phenoxy) is 1. The molecule has 0 saturated heterocycles. The summed E-state index contributed by atoms with van der Waals surface area (Å²) < 4.78 is 6.15. The largest absolute Gasteiger partial charge is 0.405 e. The number of nitrogens with two attached hydrogens (primary N) is 1. The standard InChI is InChI=1S/C27H21N3O/c28-18-19-11-13-21(14-12-19)26-23(20-7-3-1-4-8-20)17-24-25(30-26)15-16-29-27(24)31-22-9-5-2-6-10-22/h1-17H,18,28H2/p+1. The van der Waals surface area contributed by atoms with Crippen molar-refractivity contribution in [2.24, 2.45) is 5.73 Å². The molecule has 0 saturated carbocycles. The van der Waals surface area contributed by atoms with Gasteiger partial charge in [0.05, 0.1) is 11.2 Å². The summed E-state index contributed by atoms with van der Waals surface area (Å²) >= 11 is 0. The fourth-order valence-corrected chi connectivity index (χ4v) is 3.66. The Morgan fingerprint density at radius 3 is 2.19 bits per heavy atom. The Hall–Kier alpha value is -4.02. The van der Waals surface area contributed by atoms with Gasteiger partial charge in [0.15, 0.2) is 6.20 Å². The van der Waals surface area contributed by atoms with Crippen molar-refractivity contribution < 1.29 is 9.72 Å². The highest BCUT2D eigenvalue weighted by molar-refractivity contribution is 5.93. The van der Waals surface area contributed by atoms with Gasteiger partial charge in [0.2, 0.25) is 0 Å². The van der Waals surface area contributed by atoms with Gasteiger partial charge in [0, 0.05) is 23.7 Å². The molecule has 0 fully saturated rings. The van der Waals surface area contributed by atoms with Crippen molar-refractivity contribution in [2.45, 2.75) is 6.54 Å². The fourth-order valence-electron chi connectivity index (χ4n) is 3.66. The highest BCUT2D eigenvalue weighted by Crippen LogP contribution is 2.35. The molecule has 0 aliphatic carbocycles. The Kier molecular flexibility index (Phi) is 5.13. The van der Waals surface area contributed by atoms with E-state index in [-0.39, 0.29) is 0 Å². The molecule has 5 rings (SSSR count). The molecule has 150 valence electrons. The third-order valence-corrected chi connectivity index (χ3v) is 5.26. The van der Waals surface area contributed by atoms with Crippen molar-refractivity contribution in [2.75, 3.05) is 0 Å². The molecule has 0 atom stereocenters. The number of rotatable bonds is 5. The molecule has 0 aliphatic rings. The van der Waals surface area contributed by atoms with Crippen LogP contribution in [0.25, 0.3) is 33.3 Å². The molecule has 0 bridgehead atoms. The number of aromatic amines is 1. The van der Waals surface area contributed by atoms with E-state index in [1.807, 2.05) is 60.8 Å². The Labute approximate surface area is 181 Å². The van der Waals surface area contributed by atoms with Crippen LogP contribution >= 0.6 is 0 Å². The van der Waals surface area contributed by atoms with Crippen LogP contribution in [0, 0.1) is 0 Å². The number of aromatic nitrogens is 2. The lowest BCUT2D eigenvalue weighted by Gasteiger charge is -2.12. The van der Waals surface area contributed by atoms with E-state index in [0.29, 0.717) is 12.4 Å². The molecule has 0 radical (unpaired) electrons. The molecule has 0 amide bonds. The first-order chi connectivity index (χ1) is 15.3. The van der Waals surface area contributed by atoms with Crippen molar-refractivity contribution >= 4 is 10.9 Å². The lowest BCUT2D eigenvalue weighted by Crippen LogP contribution is -2.07. The average molecular weight is 404 g/mol. The predicted molar refractivity (Wildman–Crippen MR) is 124 cm³/mol. The van der Waals surface area contributed by atoms with E-state index in [1.165, 1.54) is 0 Å². The van der Waals surface area contributed by atoms with Crippen LogP contribution in [-0.4, -0.2) is 4.98 Å². The maximum absolute atomic E-state index is 6.15. The van der Waals surface area contributed by atoms with Crippen LogP contribution in [-0.2, 0) is 6.54 Å². The molecule has 2 aromatic heterocycles. The molecule has 5 aromatic rings. The zero-order chi connectivity index (χ0) is 21.0. The maximum atomic E-state index is 6.15. The predicted octanol–water partition coefficient (Wildman–Crippen LogP) is 5.63. The smallest absolute Gasteiger partial charge is 0.381 e. The second-order valence-electron chi connectivity index (χ2n) is 7.31. The lowest BCUT2D eigenvalue weighted by atomic mass is 9.97. The van der Waals surface area contributed by atoms with Crippen LogP contribution in [0.4, 0.5) is 0 Å². The number of H-pyrrole nitrogens is 1. The van der Waals surface area contributed by atoms with E-state index >= 15 is 0 Å². The Balaban J connectivity index is 1.71. The third kappa shape index (κ3) is 3.89. The zero-order valence-electron chi connectivity index (χ0n) is 17.0. The number of nitrogens with zero attached hydrogens (tertiary/aromatic N) is 1. The Bertz CT molecular complexity index is 1320. The molecule has 4 heteroatoms. The van der Waals surface area contributed by atoms with Gasteiger partial charge in [-0.05, 0) is 29.3 Å². The Morgan fingerprint density at radius 2 is 1.48 bits per heavy atom. The molecule has 4 nitrogen and oxygen atoms in total. The number of fused-ring (bicyclic) bond motifs is 1. The van der Waals surface area contributed by atoms with Crippen LogP contribution in [0.3, 0.4) is 0 Å². The first-order valence-corrected chi connectivity index (χ1v) is 10.2. The highest BCUT2D eigenvalue weighted by Gasteiger charge is 2.17. The van der Waals surface area contributed by atoms with Crippen LogP contribution in [0.1, 0.15) is 5.56 Å². The second kappa shape index (κ2) is 8.38. The normalized spacial score (nSPS) is 10.9. The number of nitrogens with one attached hydrogen (secondary N) is 1. The summed E-state index contributed by atoms with van der Waals surface area (Å²) in [4.78, 5) is 8.29. The average Bonchev–Trinajstić information content (AvgIpc) is 2.85. The van der Waals surface area contributed by atoms with Crippen LogP contribution in [0.5, 0.6) is 11.6 Å². The van der Waals surface area contributed by atoms with Gasteiger partial charge in [-0.15, -0.1) is 0 Å². The minimum absolute atomic E-state index is 0.521. The number of pyridine rings is 2. The maximum Gasteiger partial charge on any atom is 0.381 e. The molecular weight excluding hydrogens is 382 g/mol. The second-order valence-corrected chi connectivity index (χ2v) is 7.31. The SMILES string of the molecule is NCc1ccc(-c2nc3cc[nH+]c(Oc4ccccc4)c3cc2-c2ccccc2)cc1. The van der Waals surface area contributed by atoms with Crippen LogP contribution in [0.15, 0.2) is 103 Å². The third-order valence-electron chi connectivity index (χ3n) is 5.26. The van der Waals surface area contributed by atoms with E-state index in [0.717, 1.165) is 44.6 Å². The lowest BCUT2D eigenvalue weighted by molar-refractivity contribution is -0.388. The van der Waals surface area contributed by atoms with Gasteiger partial charge in [0.1, 0.15) is 11.1 Å². The summed E-state index contributed by atoms with van der Waals surface area (Å²) in [7, 11) is 0. The summed E-state index contributed by atoms with van der Waals surface area (Å²) in [5, 5.41) is 0.924. The summed E-state index contributed by atoms with van der Waals surface area (Å²) in [6.45, 7) is 0.521. The van der Waals surface area contributed by atoms with E-state index in [2.05, 4.69) is 47.4 Å². The quantitative estimate of drug-likeness (QED) is 0.413. The highest BCUT2D eigenvalue weighted by atomic mass is 16.5. The van der Waals surface area contributed by atoms with Gasteiger partial charge in [-0.3, -0.25) is 0 Å². The minimum atomic E-state index is 0.521. The number of para-hydroxylation sites is 1. The monoisotopic (exact) mass is 404 g/mol. The molecule has 0 unspecified atom stereocenters. The van der Waals surface area contributed by atoms with Gasteiger partial charge >= 0.3 is 5.88 Å². The summed E-state index contributed by atoms with van der Waals surface area (Å²) in [6.07, 6.45) is 1.86. The van der Waals surface area contributed by atoms with Crippen LogP contribution < -0.4 is 15.5 Å². The topological polar surface area (TPSA) is 62.3 Å². The summed E-state index contributed by atoms with van der Waals surface area (Å²) in [5.41, 5.74) is 11.9. The van der Waals surface area contributed by atoms with Gasteiger partial charge in [-0.25, -0.2) is 4.98 Å². The molecule has 0 aliphatic heterocycles. The van der Waals surface area contributed by atoms with Gasteiger partial charge < -0.3 is 10.5 Å². The molecule has 2 heterocycles. The van der Waals surface area contributed by atoms with Crippen LogP contribution in [0.2, 0.25) is 0 Å². The summed E-state index contributed by atoms with van der Waals surface area (Å²) in [5.74, 6) is 1.44. The first kappa shape index (κ1) is 19.0. The van der Waals surface area contributed by atoms with E-state index < -0.39 is 0 Å². The number of hydrogen-bond acceptors (Lipinski definition) is 3. The van der Waals surface area contributed by atoms with Crippen molar-refractivity contribution in [3.63, 3.8) is 0 Å². The summed E-state index contributed by atoms with van der Waals surface area (Å²) in [6, 6.07) is 32.5. The zero-order valence-corrected chi connectivity index (χ0v) is 17.0. The van der Waals surface area contributed by atoms with Gasteiger partial charge in [0.25, 0.3) is 0 Å². The minimum Gasteiger partial charge on any atom is -0.405 e. The number of benzene rings is 3. The van der Waals surface area contributed by atoms with Crippen molar-refractivity contribution in [1.29, 1.82) is 0 Å². The first-order valence-electron chi connectivity index (χ1n) is 10.2. The fraction of sp³-hybridized carbons (Fsp3) is 0.0370. The molecule has 3 aromatic carbocycles. The van der Waals surface area contributed by atoms with Gasteiger partial charge in [-0.2, -0.15) is 4.98 Å². The molecule has 3 N–H and O–H groups in total. The molecule has 31 heavy (non-hydrogen) atoms. The van der Waals surface area contributed by atoms with Crippen molar-refractivity contribution in [3.8, 4) is 34.0 Å². The van der Waals surface area contributed by atoms with Crippen molar-refractivity contribution in [3.05, 3.63) is 109 Å². The van der Waals surface area contributed by atoms with Gasteiger partial charge in [-0.1, -0.05) is 72.8 Å². The molecule has 0 spiro atoms. The number of hydrogen-bond donors (Lipinski definition) is 1. The van der Waals surface area contributed by atoms with Crippen molar-refractivity contribution in [1.82, 2.24) is 4.98 Å². The van der Waals surface area contributed by atoms with E-state index in [9.17, 15) is 0 Å². The van der Waals surface area contributed by atoms with E-state index in [1.54, 1.807) is 0 Å². The Morgan fingerprint density at radius 1 is 0.774 bits per heavy atom. The van der Waals surface area contributed by atoms with E-state index in [4.69, 9.17) is 15.5 Å².